The average Bonchev–Trinajstić information content (AvgIpc) is 3.12. The van der Waals surface area contributed by atoms with Gasteiger partial charge in [0.1, 0.15) is 9.79 Å². The quantitative estimate of drug-likeness (QED) is 0.400. The minimum atomic E-state index is -4.49. The Bertz CT molecular complexity index is 1450. The van der Waals surface area contributed by atoms with Gasteiger partial charge in [0.05, 0.1) is 37.6 Å². The fourth-order valence-corrected chi connectivity index (χ4v) is 5.78. The number of ether oxygens (including phenoxy) is 2. The molecule has 0 atom stereocenters. The highest BCUT2D eigenvalue weighted by Crippen LogP contribution is 2.24. The number of benzene rings is 1. The predicted molar refractivity (Wildman–Crippen MR) is 113 cm³/mol. The molecule has 0 fully saturated rings. The van der Waals surface area contributed by atoms with Gasteiger partial charge in [-0.05, 0) is 24.3 Å². The van der Waals surface area contributed by atoms with Gasteiger partial charge < -0.3 is 9.47 Å². The fourth-order valence-electron chi connectivity index (χ4n) is 3.05. The van der Waals surface area contributed by atoms with Crippen molar-refractivity contribution in [2.45, 2.75) is 9.79 Å². The molecule has 13 heteroatoms. The molecule has 166 valence electrons. The molecule has 0 aliphatic carbocycles. The maximum atomic E-state index is 13.3. The molecule has 0 saturated heterocycles. The lowest BCUT2D eigenvalue weighted by atomic mass is 10.3. The zero-order valence-corrected chi connectivity index (χ0v) is 18.4. The molecule has 0 radical (unpaired) electrons. The summed E-state index contributed by atoms with van der Waals surface area (Å²) in [4.78, 5) is 20.3. The highest BCUT2D eigenvalue weighted by atomic mass is 32.2. The second-order valence-electron chi connectivity index (χ2n) is 6.38. The summed E-state index contributed by atoms with van der Waals surface area (Å²) in [6.07, 6.45) is 2.04. The van der Waals surface area contributed by atoms with Crippen LogP contribution in [-0.4, -0.2) is 49.0 Å². The van der Waals surface area contributed by atoms with Crippen LogP contribution >= 0.6 is 0 Å². The van der Waals surface area contributed by atoms with Crippen molar-refractivity contribution in [1.29, 1.82) is 0 Å². The van der Waals surface area contributed by atoms with Crippen molar-refractivity contribution >= 4 is 31.1 Å². The van der Waals surface area contributed by atoms with Gasteiger partial charge >= 0.3 is 5.69 Å². The topological polar surface area (TPSA) is 139 Å². The lowest BCUT2D eigenvalue weighted by Crippen LogP contribution is -2.33. The number of para-hydroxylation sites is 2. The van der Waals surface area contributed by atoms with E-state index in [0.717, 1.165) is 12.4 Å². The maximum Gasteiger partial charge on any atom is 0.357 e. The molecule has 0 bridgehead atoms. The summed E-state index contributed by atoms with van der Waals surface area (Å²) in [5, 5.41) is 0. The van der Waals surface area contributed by atoms with E-state index in [1.54, 1.807) is 0 Å². The molecular formula is C19H16N4O7S2. The third kappa shape index (κ3) is 3.31. The van der Waals surface area contributed by atoms with E-state index in [1.807, 2.05) is 0 Å². The summed E-state index contributed by atoms with van der Waals surface area (Å²) in [5.74, 6) is 0.349. The van der Waals surface area contributed by atoms with Crippen LogP contribution in [0.4, 0.5) is 0 Å². The molecule has 3 heterocycles. The van der Waals surface area contributed by atoms with Gasteiger partial charge in [-0.2, -0.15) is 7.94 Å². The first-order chi connectivity index (χ1) is 15.2. The largest absolute Gasteiger partial charge is 0.481 e. The van der Waals surface area contributed by atoms with Crippen molar-refractivity contribution in [1.82, 2.24) is 17.9 Å². The molecule has 0 aliphatic heterocycles. The second kappa shape index (κ2) is 7.76. The van der Waals surface area contributed by atoms with E-state index in [0.29, 0.717) is 7.94 Å². The van der Waals surface area contributed by atoms with Crippen molar-refractivity contribution in [2.24, 2.45) is 0 Å². The Balaban J connectivity index is 1.99. The summed E-state index contributed by atoms with van der Waals surface area (Å²) in [7, 11) is -6.24. The van der Waals surface area contributed by atoms with Crippen molar-refractivity contribution in [3.63, 3.8) is 0 Å². The van der Waals surface area contributed by atoms with Crippen LogP contribution in [0.2, 0.25) is 0 Å². The van der Waals surface area contributed by atoms with Gasteiger partial charge in [-0.1, -0.05) is 12.1 Å². The van der Waals surface area contributed by atoms with E-state index < -0.39 is 25.7 Å². The van der Waals surface area contributed by atoms with Crippen LogP contribution in [0.15, 0.2) is 75.5 Å². The van der Waals surface area contributed by atoms with Gasteiger partial charge in [0.25, 0.3) is 20.0 Å². The SMILES string of the molecule is COc1ccc(S(=O)(=O)n2c(=O)n(S(=O)(=O)c3ccc(OC)nc3)c3ccccc32)cn1. The van der Waals surface area contributed by atoms with Gasteiger partial charge in [-0.15, -0.1) is 0 Å². The van der Waals surface area contributed by atoms with E-state index >= 15 is 0 Å². The number of imidazole rings is 1. The van der Waals surface area contributed by atoms with Crippen LogP contribution in [0.5, 0.6) is 11.8 Å². The molecule has 0 saturated carbocycles. The van der Waals surface area contributed by atoms with Crippen LogP contribution in [0, 0.1) is 0 Å². The summed E-state index contributed by atoms with van der Waals surface area (Å²) in [6, 6.07) is 10.7. The van der Waals surface area contributed by atoms with Gasteiger partial charge in [-0.3, -0.25) is 0 Å². The average molecular weight is 476 g/mol. The number of rotatable bonds is 6. The van der Waals surface area contributed by atoms with E-state index in [-0.39, 0.29) is 32.6 Å². The zero-order valence-electron chi connectivity index (χ0n) is 16.7. The van der Waals surface area contributed by atoms with Crippen LogP contribution in [0.1, 0.15) is 0 Å². The summed E-state index contributed by atoms with van der Waals surface area (Å²) < 4.78 is 63.8. The Morgan fingerprint density at radius 1 is 0.688 bits per heavy atom. The van der Waals surface area contributed by atoms with Crippen LogP contribution in [0.3, 0.4) is 0 Å². The first-order valence-corrected chi connectivity index (χ1v) is 11.8. The third-order valence-corrected chi connectivity index (χ3v) is 7.92. The molecule has 0 spiro atoms. The van der Waals surface area contributed by atoms with Gasteiger partial charge in [0, 0.05) is 12.1 Å². The Labute approximate surface area is 182 Å². The number of hydrogen-bond acceptors (Lipinski definition) is 9. The number of aromatic nitrogens is 4. The Morgan fingerprint density at radius 2 is 1.09 bits per heavy atom. The summed E-state index contributed by atoms with van der Waals surface area (Å²) in [5.41, 5.74) is -1.51. The molecule has 0 unspecified atom stereocenters. The number of hydrogen-bond donors (Lipinski definition) is 0. The van der Waals surface area contributed by atoms with Crippen LogP contribution in [0.25, 0.3) is 11.0 Å². The number of methoxy groups -OCH3 is 2. The van der Waals surface area contributed by atoms with Crippen molar-refractivity contribution < 1.29 is 26.3 Å². The minimum absolute atomic E-state index is 0.113. The molecule has 4 rings (SSSR count). The van der Waals surface area contributed by atoms with Gasteiger partial charge in [0.2, 0.25) is 11.8 Å². The third-order valence-electron chi connectivity index (χ3n) is 4.58. The van der Waals surface area contributed by atoms with Crippen LogP contribution < -0.4 is 15.2 Å². The molecule has 4 aromatic rings. The summed E-state index contributed by atoms with van der Waals surface area (Å²) >= 11 is 0. The highest BCUT2D eigenvalue weighted by molar-refractivity contribution is 7.91. The van der Waals surface area contributed by atoms with Crippen LogP contribution in [-0.2, 0) is 20.0 Å². The van der Waals surface area contributed by atoms with Gasteiger partial charge in [-0.25, -0.2) is 31.6 Å². The molecule has 0 aliphatic rings. The Morgan fingerprint density at radius 3 is 1.41 bits per heavy atom. The molecular weight excluding hydrogens is 460 g/mol. The Kier molecular flexibility index (Phi) is 5.22. The normalized spacial score (nSPS) is 12.1. The highest BCUT2D eigenvalue weighted by Gasteiger charge is 2.31. The van der Waals surface area contributed by atoms with Crippen molar-refractivity contribution in [3.8, 4) is 11.8 Å². The number of nitrogens with zero attached hydrogens (tertiary/aromatic N) is 4. The first-order valence-electron chi connectivity index (χ1n) is 8.95. The molecule has 32 heavy (non-hydrogen) atoms. The second-order valence-corrected chi connectivity index (χ2v) is 9.96. The van der Waals surface area contributed by atoms with E-state index in [1.165, 1.54) is 62.8 Å². The summed E-state index contributed by atoms with van der Waals surface area (Å²) in [6.45, 7) is 0. The lowest BCUT2D eigenvalue weighted by molar-refractivity contribution is 0.397. The predicted octanol–water partition coefficient (Wildman–Crippen LogP) is 1.08. The van der Waals surface area contributed by atoms with E-state index in [9.17, 15) is 21.6 Å². The molecule has 1 aromatic carbocycles. The lowest BCUT2D eigenvalue weighted by Gasteiger charge is -2.07. The molecule has 0 N–H and O–H groups in total. The first kappa shape index (κ1) is 21.5. The number of fused-ring (bicyclic) bond motifs is 1. The molecule has 3 aromatic heterocycles. The Hall–Kier alpha value is -3.71. The molecule has 11 nitrogen and oxygen atoms in total. The fraction of sp³-hybridized carbons (Fsp3) is 0.105. The van der Waals surface area contributed by atoms with E-state index in [2.05, 4.69) is 9.97 Å². The maximum absolute atomic E-state index is 13.3. The van der Waals surface area contributed by atoms with E-state index in [4.69, 9.17) is 9.47 Å². The monoisotopic (exact) mass is 476 g/mol. The minimum Gasteiger partial charge on any atom is -0.481 e. The van der Waals surface area contributed by atoms with Crippen molar-refractivity contribution in [2.75, 3.05) is 14.2 Å². The zero-order chi connectivity index (χ0) is 23.1. The number of pyridine rings is 2. The molecule has 0 amide bonds. The van der Waals surface area contributed by atoms with Gasteiger partial charge in [0.15, 0.2) is 0 Å². The standard InChI is InChI=1S/C19H16N4O7S2/c1-29-17-9-7-13(11-20-17)31(25,26)22-15-5-3-4-6-16(15)23(19(22)24)32(27,28)14-8-10-18(30-2)21-12-14/h3-12H,1-2H3. The van der Waals surface area contributed by atoms with Crippen molar-refractivity contribution in [3.05, 3.63) is 71.4 Å². The smallest absolute Gasteiger partial charge is 0.357 e.